The number of hydrogen-bond donors (Lipinski definition) is 2. The molecule has 2 amide bonds. The molecule has 12 heteroatoms. The molecule has 1 atom stereocenters. The second kappa shape index (κ2) is 8.00. The van der Waals surface area contributed by atoms with Gasteiger partial charge in [-0.15, -0.1) is 0 Å². The molecule has 0 spiro atoms. The van der Waals surface area contributed by atoms with Crippen molar-refractivity contribution >= 4 is 45.7 Å². The van der Waals surface area contributed by atoms with E-state index in [2.05, 4.69) is 25.4 Å². The minimum Gasteiger partial charge on any atom is -0.406 e. The lowest BCUT2D eigenvalue weighted by Crippen LogP contribution is -2.57. The molecule has 33 heavy (non-hydrogen) atoms. The van der Waals surface area contributed by atoms with Gasteiger partial charge in [-0.1, -0.05) is 11.6 Å². The maximum Gasteiger partial charge on any atom is 0.413 e. The van der Waals surface area contributed by atoms with Gasteiger partial charge >= 0.3 is 6.09 Å². The Morgan fingerprint density at radius 1 is 1.36 bits per heavy atom. The van der Waals surface area contributed by atoms with E-state index in [9.17, 15) is 14.0 Å². The average Bonchev–Trinajstić information content (AvgIpc) is 3.31. The first-order valence-corrected chi connectivity index (χ1v) is 10.6. The largest absolute Gasteiger partial charge is 0.413 e. The molecular weight excluding hydrogens is 453 g/mol. The Bertz CT molecular complexity index is 1400. The number of alkyl halides is 1. The third-order valence-corrected chi connectivity index (χ3v) is 5.69. The third kappa shape index (κ3) is 3.84. The minimum absolute atomic E-state index is 0.0368. The zero-order valence-electron chi connectivity index (χ0n) is 17.7. The fourth-order valence-electron chi connectivity index (χ4n) is 3.73. The van der Waals surface area contributed by atoms with E-state index in [1.807, 2.05) is 12.1 Å². The molecule has 1 aromatic carbocycles. The monoisotopic (exact) mass is 471 g/mol. The van der Waals surface area contributed by atoms with Gasteiger partial charge in [-0.05, 0) is 25.1 Å². The van der Waals surface area contributed by atoms with Crippen LogP contribution in [-0.4, -0.2) is 66.9 Å². The average molecular weight is 472 g/mol. The van der Waals surface area contributed by atoms with Crippen molar-refractivity contribution in [2.24, 2.45) is 7.05 Å². The maximum absolute atomic E-state index is 13.0. The topological polar surface area (TPSA) is 118 Å². The SMILES string of the molecule is C[C@@H](NC(=O)Oc1c[nH]c2ncc(-c3nn(C)c4cc(Cl)ccc34)nc12)C(=O)N1CC(F)C1. The number of halogens is 2. The predicted molar refractivity (Wildman–Crippen MR) is 119 cm³/mol. The molecule has 2 N–H and O–H groups in total. The number of nitrogens with zero attached hydrogens (tertiary/aromatic N) is 5. The van der Waals surface area contributed by atoms with E-state index in [0.29, 0.717) is 27.6 Å². The van der Waals surface area contributed by atoms with Gasteiger partial charge in [0, 0.05) is 23.7 Å². The number of hydrogen-bond acceptors (Lipinski definition) is 6. The van der Waals surface area contributed by atoms with Crippen LogP contribution in [0.1, 0.15) is 6.92 Å². The molecule has 0 unspecified atom stereocenters. The molecule has 5 rings (SSSR count). The van der Waals surface area contributed by atoms with Crippen LogP contribution in [0.3, 0.4) is 0 Å². The number of aromatic amines is 1. The molecule has 4 heterocycles. The molecule has 0 aliphatic carbocycles. The Hall–Kier alpha value is -3.73. The summed E-state index contributed by atoms with van der Waals surface area (Å²) in [4.78, 5) is 37.7. The first kappa shape index (κ1) is 21.1. The number of aryl methyl sites for hydroxylation is 1. The summed E-state index contributed by atoms with van der Waals surface area (Å²) in [5, 5.41) is 8.44. The van der Waals surface area contributed by atoms with Gasteiger partial charge in [-0.3, -0.25) is 9.48 Å². The second-order valence-corrected chi connectivity index (χ2v) is 8.27. The van der Waals surface area contributed by atoms with Crippen LogP contribution in [0.25, 0.3) is 33.5 Å². The molecule has 0 saturated carbocycles. The van der Waals surface area contributed by atoms with Crippen molar-refractivity contribution in [2.75, 3.05) is 13.1 Å². The van der Waals surface area contributed by atoms with E-state index in [1.54, 1.807) is 24.0 Å². The molecule has 1 saturated heterocycles. The van der Waals surface area contributed by atoms with E-state index in [1.165, 1.54) is 18.0 Å². The van der Waals surface area contributed by atoms with Crippen molar-refractivity contribution in [3.8, 4) is 17.1 Å². The lowest BCUT2D eigenvalue weighted by atomic mass is 10.1. The number of fused-ring (bicyclic) bond motifs is 2. The predicted octanol–water partition coefficient (Wildman–Crippen LogP) is 2.82. The molecule has 3 aromatic heterocycles. The van der Waals surface area contributed by atoms with Crippen molar-refractivity contribution in [3.05, 3.63) is 35.6 Å². The van der Waals surface area contributed by atoms with Crippen molar-refractivity contribution < 1.29 is 18.7 Å². The molecule has 170 valence electrons. The van der Waals surface area contributed by atoms with Crippen LogP contribution in [0.15, 0.2) is 30.6 Å². The smallest absolute Gasteiger partial charge is 0.406 e. The molecule has 1 fully saturated rings. The summed E-state index contributed by atoms with van der Waals surface area (Å²) in [5.74, 6) is -0.225. The van der Waals surface area contributed by atoms with Gasteiger partial charge in [0.15, 0.2) is 16.9 Å². The summed E-state index contributed by atoms with van der Waals surface area (Å²) in [6.07, 6.45) is 1.19. The van der Waals surface area contributed by atoms with Gasteiger partial charge in [0.05, 0.1) is 24.8 Å². The van der Waals surface area contributed by atoms with Crippen LogP contribution in [0.2, 0.25) is 5.02 Å². The van der Waals surface area contributed by atoms with E-state index >= 15 is 0 Å². The standard InChI is InChI=1S/C21H19ClFN7O3/c1-10(20(31)30-8-12(23)9-30)26-21(32)33-16-7-25-19-18(16)27-14(6-24-19)17-13-4-3-11(22)5-15(13)29(2)28-17/h3-7,10,12H,8-9H2,1-2H3,(H,24,25)(H,26,32)/t10-/m1/s1. The second-order valence-electron chi connectivity index (χ2n) is 7.84. The fraction of sp³-hybridized carbons (Fsp3) is 0.286. The summed E-state index contributed by atoms with van der Waals surface area (Å²) >= 11 is 6.10. The van der Waals surface area contributed by atoms with E-state index in [0.717, 1.165) is 10.9 Å². The summed E-state index contributed by atoms with van der Waals surface area (Å²) in [5.41, 5.74) is 2.68. The lowest BCUT2D eigenvalue weighted by molar-refractivity contribution is -0.139. The van der Waals surface area contributed by atoms with E-state index in [-0.39, 0.29) is 24.7 Å². The van der Waals surface area contributed by atoms with Crippen molar-refractivity contribution in [2.45, 2.75) is 19.1 Å². The molecule has 0 radical (unpaired) electrons. The van der Waals surface area contributed by atoms with Crippen LogP contribution in [0, 0.1) is 0 Å². The van der Waals surface area contributed by atoms with Gasteiger partial charge in [-0.2, -0.15) is 5.10 Å². The number of benzene rings is 1. The van der Waals surface area contributed by atoms with Gasteiger partial charge in [0.1, 0.15) is 23.6 Å². The highest BCUT2D eigenvalue weighted by Gasteiger charge is 2.33. The van der Waals surface area contributed by atoms with Gasteiger partial charge in [-0.25, -0.2) is 19.2 Å². The lowest BCUT2D eigenvalue weighted by Gasteiger charge is -2.36. The number of rotatable bonds is 4. The van der Waals surface area contributed by atoms with Crippen molar-refractivity contribution in [3.63, 3.8) is 0 Å². The minimum atomic E-state index is -1.01. The summed E-state index contributed by atoms with van der Waals surface area (Å²) in [6, 6.07) is 4.58. The molecule has 4 aromatic rings. The van der Waals surface area contributed by atoms with E-state index in [4.69, 9.17) is 16.3 Å². The highest BCUT2D eigenvalue weighted by atomic mass is 35.5. The number of ether oxygens (including phenoxy) is 1. The first-order chi connectivity index (χ1) is 15.8. The highest BCUT2D eigenvalue weighted by Crippen LogP contribution is 2.30. The Morgan fingerprint density at radius 2 is 2.15 bits per heavy atom. The number of carbonyl (C=O) groups is 2. The maximum atomic E-state index is 13.0. The number of nitrogens with one attached hydrogen (secondary N) is 2. The van der Waals surface area contributed by atoms with Gasteiger partial charge in [0.25, 0.3) is 0 Å². The van der Waals surface area contributed by atoms with Crippen LogP contribution < -0.4 is 10.1 Å². The third-order valence-electron chi connectivity index (χ3n) is 5.46. The number of aromatic nitrogens is 5. The summed E-state index contributed by atoms with van der Waals surface area (Å²) in [6.45, 7) is 1.59. The fourth-order valence-corrected chi connectivity index (χ4v) is 3.89. The van der Waals surface area contributed by atoms with Crippen molar-refractivity contribution in [1.29, 1.82) is 0 Å². The van der Waals surface area contributed by atoms with Crippen LogP contribution in [0.4, 0.5) is 9.18 Å². The van der Waals surface area contributed by atoms with Crippen LogP contribution >= 0.6 is 11.6 Å². The normalized spacial score (nSPS) is 15.0. The van der Waals surface area contributed by atoms with Gasteiger partial charge < -0.3 is 19.9 Å². The zero-order chi connectivity index (χ0) is 23.3. The highest BCUT2D eigenvalue weighted by molar-refractivity contribution is 6.31. The number of carbonyl (C=O) groups excluding carboxylic acids is 2. The zero-order valence-corrected chi connectivity index (χ0v) is 18.4. The Morgan fingerprint density at radius 3 is 2.91 bits per heavy atom. The number of likely N-dealkylation sites (tertiary alicyclic amines) is 1. The number of amides is 2. The first-order valence-electron chi connectivity index (χ1n) is 10.2. The Labute approximate surface area is 191 Å². The summed E-state index contributed by atoms with van der Waals surface area (Å²) < 4.78 is 20.0. The van der Waals surface area contributed by atoms with Crippen molar-refractivity contribution in [1.82, 2.24) is 34.9 Å². The molecular formula is C21H19ClFN7O3. The van der Waals surface area contributed by atoms with Crippen LogP contribution in [-0.2, 0) is 11.8 Å². The molecule has 1 aliphatic rings. The van der Waals surface area contributed by atoms with E-state index < -0.39 is 18.3 Å². The quantitative estimate of drug-likeness (QED) is 0.472. The summed E-state index contributed by atoms with van der Waals surface area (Å²) in [7, 11) is 1.81. The van der Waals surface area contributed by atoms with Gasteiger partial charge in [0.2, 0.25) is 5.91 Å². The number of H-pyrrole nitrogens is 1. The molecule has 10 nitrogen and oxygen atoms in total. The molecule has 1 aliphatic heterocycles. The Kier molecular flexibility index (Phi) is 5.12. The Balaban J connectivity index is 1.38. The molecule has 0 bridgehead atoms. The van der Waals surface area contributed by atoms with Crippen LogP contribution in [0.5, 0.6) is 5.75 Å².